The normalized spacial score (nSPS) is 10.2. The average molecular weight is 304 g/mol. The largest absolute Gasteiger partial charge is 0.401 e. The summed E-state index contributed by atoms with van der Waals surface area (Å²) in [5.74, 6) is 0. The van der Waals surface area contributed by atoms with E-state index in [1.54, 1.807) is 50.2 Å². The monoisotopic (exact) mass is 304 g/mol. The smallest absolute Gasteiger partial charge is 0.298 e. The quantitative estimate of drug-likeness (QED) is 0.621. The van der Waals surface area contributed by atoms with Crippen LogP contribution in [0.2, 0.25) is 0 Å². The van der Waals surface area contributed by atoms with Crippen molar-refractivity contribution in [2.45, 2.75) is 13.8 Å². The van der Waals surface area contributed by atoms with Crippen LogP contribution in [0.15, 0.2) is 36.4 Å². The van der Waals surface area contributed by atoms with Crippen LogP contribution < -0.4 is 10.6 Å². The second-order valence-electron chi connectivity index (χ2n) is 4.86. The number of amides is 2. The third-order valence-electron chi connectivity index (χ3n) is 3.25. The molecule has 0 atom stereocenters. The van der Waals surface area contributed by atoms with Gasteiger partial charge in [0.05, 0.1) is 0 Å². The van der Waals surface area contributed by atoms with Crippen molar-refractivity contribution in [3.63, 3.8) is 0 Å². The van der Waals surface area contributed by atoms with Crippen LogP contribution in [0.25, 0.3) is 11.1 Å². The van der Waals surface area contributed by atoms with Crippen LogP contribution in [0.4, 0.5) is 29.7 Å². The Morgan fingerprint density at radius 3 is 1.41 bits per heavy atom. The highest BCUT2D eigenvalue weighted by atomic mass is 19.1. The van der Waals surface area contributed by atoms with Crippen molar-refractivity contribution in [1.29, 1.82) is 0 Å². The number of aryl methyl sites for hydroxylation is 2. The van der Waals surface area contributed by atoms with E-state index < -0.39 is 12.3 Å². The zero-order valence-corrected chi connectivity index (χ0v) is 12.0. The van der Waals surface area contributed by atoms with Crippen LogP contribution in [0.1, 0.15) is 11.1 Å². The van der Waals surface area contributed by atoms with Gasteiger partial charge in [-0.3, -0.25) is 10.6 Å². The van der Waals surface area contributed by atoms with E-state index in [0.29, 0.717) is 22.5 Å². The predicted molar refractivity (Wildman–Crippen MR) is 81.6 cm³/mol. The summed E-state index contributed by atoms with van der Waals surface area (Å²) in [5, 5.41) is 4.20. The summed E-state index contributed by atoms with van der Waals surface area (Å²) in [4.78, 5) is 20.9. The van der Waals surface area contributed by atoms with Gasteiger partial charge in [-0.05, 0) is 60.4 Å². The van der Waals surface area contributed by atoms with Crippen molar-refractivity contribution >= 4 is 23.7 Å². The summed E-state index contributed by atoms with van der Waals surface area (Å²) in [5.41, 5.74) is 3.93. The summed E-state index contributed by atoms with van der Waals surface area (Å²) in [6.45, 7) is 3.50. The lowest BCUT2D eigenvalue weighted by Crippen LogP contribution is -2.04. The van der Waals surface area contributed by atoms with Crippen LogP contribution in [-0.2, 0) is 0 Å². The van der Waals surface area contributed by atoms with Gasteiger partial charge in [-0.1, -0.05) is 12.1 Å². The van der Waals surface area contributed by atoms with E-state index in [0.717, 1.165) is 11.1 Å². The minimum atomic E-state index is -1.61. The number of rotatable bonds is 3. The fourth-order valence-corrected chi connectivity index (χ4v) is 2.18. The maximum atomic E-state index is 12.4. The first-order chi connectivity index (χ1) is 10.4. The lowest BCUT2D eigenvalue weighted by Gasteiger charge is -2.11. The van der Waals surface area contributed by atoms with Gasteiger partial charge in [0.2, 0.25) is 0 Å². The SMILES string of the molecule is Cc1cc(-c2ccc(NC(=O)F)c(C)c2)ccc1NC(=O)F. The van der Waals surface area contributed by atoms with Crippen LogP contribution in [0, 0.1) is 13.8 Å². The van der Waals surface area contributed by atoms with Crippen LogP contribution in [0.3, 0.4) is 0 Å². The Bertz CT molecular complexity index is 681. The standard InChI is InChI=1S/C16H14F2N2O2/c1-9-7-11(3-5-13(9)19-15(17)21)12-4-6-14(10(2)8-12)20-16(18)22/h3-8H,1-2H3,(H,19,21)(H,20,22). The Morgan fingerprint density at radius 1 is 0.773 bits per heavy atom. The number of carbonyl (C=O) groups excluding carboxylic acids is 2. The van der Waals surface area contributed by atoms with E-state index in [9.17, 15) is 18.4 Å². The Kier molecular flexibility index (Phi) is 4.50. The second kappa shape index (κ2) is 6.34. The molecule has 0 aliphatic heterocycles. The molecular weight excluding hydrogens is 290 g/mol. The first-order valence-corrected chi connectivity index (χ1v) is 6.51. The number of hydrogen-bond donors (Lipinski definition) is 2. The number of hydrogen-bond acceptors (Lipinski definition) is 2. The predicted octanol–water partition coefficient (Wildman–Crippen LogP) is 4.97. The summed E-state index contributed by atoms with van der Waals surface area (Å²) >= 11 is 0. The fraction of sp³-hybridized carbons (Fsp3) is 0.125. The third kappa shape index (κ3) is 3.66. The summed E-state index contributed by atoms with van der Waals surface area (Å²) < 4.78 is 24.8. The number of halogens is 2. The molecule has 0 aromatic heterocycles. The van der Waals surface area contributed by atoms with Crippen molar-refractivity contribution in [1.82, 2.24) is 0 Å². The van der Waals surface area contributed by atoms with Gasteiger partial charge in [0, 0.05) is 11.4 Å². The van der Waals surface area contributed by atoms with Crippen molar-refractivity contribution in [3.05, 3.63) is 47.5 Å². The maximum Gasteiger partial charge on any atom is 0.401 e. The van der Waals surface area contributed by atoms with E-state index in [1.807, 2.05) is 0 Å². The van der Waals surface area contributed by atoms with Crippen molar-refractivity contribution in [2.24, 2.45) is 0 Å². The molecule has 6 heteroatoms. The minimum absolute atomic E-state index is 0.397. The van der Waals surface area contributed by atoms with Crippen LogP contribution in [-0.4, -0.2) is 12.3 Å². The molecule has 0 radical (unpaired) electrons. The van der Waals surface area contributed by atoms with E-state index in [1.165, 1.54) is 0 Å². The van der Waals surface area contributed by atoms with E-state index >= 15 is 0 Å². The van der Waals surface area contributed by atoms with Crippen LogP contribution in [0.5, 0.6) is 0 Å². The fourth-order valence-electron chi connectivity index (χ4n) is 2.18. The van der Waals surface area contributed by atoms with E-state index in [4.69, 9.17) is 0 Å². The highest BCUT2D eigenvalue weighted by Crippen LogP contribution is 2.28. The summed E-state index contributed by atoms with van der Waals surface area (Å²) in [6, 6.07) is 10.3. The highest BCUT2D eigenvalue weighted by Gasteiger charge is 2.08. The molecule has 0 spiro atoms. The number of nitrogens with one attached hydrogen (secondary N) is 2. The van der Waals surface area contributed by atoms with Crippen molar-refractivity contribution in [2.75, 3.05) is 10.6 Å². The highest BCUT2D eigenvalue weighted by molar-refractivity contribution is 5.87. The topological polar surface area (TPSA) is 58.2 Å². The molecule has 0 saturated carbocycles. The Hall–Kier alpha value is -2.76. The molecule has 2 aromatic carbocycles. The van der Waals surface area contributed by atoms with Gasteiger partial charge in [-0.15, -0.1) is 8.78 Å². The molecule has 2 amide bonds. The van der Waals surface area contributed by atoms with Gasteiger partial charge in [-0.2, -0.15) is 0 Å². The number of anilines is 2. The molecule has 0 unspecified atom stereocenters. The summed E-state index contributed by atoms with van der Waals surface area (Å²) in [6.07, 6.45) is -3.23. The molecule has 2 N–H and O–H groups in total. The number of benzene rings is 2. The maximum absolute atomic E-state index is 12.4. The van der Waals surface area contributed by atoms with Gasteiger partial charge < -0.3 is 0 Å². The van der Waals surface area contributed by atoms with Crippen molar-refractivity contribution in [3.8, 4) is 11.1 Å². The molecule has 0 saturated heterocycles. The molecule has 0 fully saturated rings. The molecule has 0 heterocycles. The molecular formula is C16H14F2N2O2. The average Bonchev–Trinajstić information content (AvgIpc) is 2.42. The summed E-state index contributed by atoms with van der Waals surface area (Å²) in [7, 11) is 0. The first-order valence-electron chi connectivity index (χ1n) is 6.51. The molecule has 0 bridgehead atoms. The Labute approximate surface area is 126 Å². The zero-order chi connectivity index (χ0) is 16.3. The number of carbonyl (C=O) groups is 2. The first kappa shape index (κ1) is 15.6. The van der Waals surface area contributed by atoms with E-state index in [-0.39, 0.29) is 0 Å². The third-order valence-corrected chi connectivity index (χ3v) is 3.25. The van der Waals surface area contributed by atoms with Crippen LogP contribution >= 0.6 is 0 Å². The molecule has 22 heavy (non-hydrogen) atoms. The zero-order valence-electron chi connectivity index (χ0n) is 12.0. The second-order valence-corrected chi connectivity index (χ2v) is 4.86. The molecule has 114 valence electrons. The lowest BCUT2D eigenvalue weighted by atomic mass is 10.00. The Balaban J connectivity index is 2.32. The molecule has 0 aliphatic carbocycles. The van der Waals surface area contributed by atoms with Gasteiger partial charge in [0.15, 0.2) is 0 Å². The molecule has 4 nitrogen and oxygen atoms in total. The van der Waals surface area contributed by atoms with Crippen molar-refractivity contribution < 1.29 is 18.4 Å². The molecule has 0 aliphatic rings. The molecule has 2 rings (SSSR count). The van der Waals surface area contributed by atoms with Gasteiger partial charge in [-0.25, -0.2) is 9.59 Å². The van der Waals surface area contributed by atoms with Gasteiger partial charge in [0.25, 0.3) is 0 Å². The lowest BCUT2D eigenvalue weighted by molar-refractivity contribution is 0.233. The van der Waals surface area contributed by atoms with Gasteiger partial charge >= 0.3 is 12.3 Å². The minimum Gasteiger partial charge on any atom is -0.298 e. The molecule has 2 aromatic rings. The Morgan fingerprint density at radius 2 is 1.14 bits per heavy atom. The van der Waals surface area contributed by atoms with Gasteiger partial charge in [0.1, 0.15) is 0 Å². The van der Waals surface area contributed by atoms with E-state index in [2.05, 4.69) is 10.6 Å².